The predicted octanol–water partition coefficient (Wildman–Crippen LogP) is 4.38. The number of hydrogen-bond donors (Lipinski definition) is 2. The van der Waals surface area contributed by atoms with Crippen LogP contribution in [0.3, 0.4) is 0 Å². The van der Waals surface area contributed by atoms with Crippen LogP contribution in [0.25, 0.3) is 0 Å². The van der Waals surface area contributed by atoms with E-state index in [1.165, 1.54) is 50.7 Å². The maximum atomic E-state index is 10.4. The summed E-state index contributed by atoms with van der Waals surface area (Å²) < 4.78 is 0. The van der Waals surface area contributed by atoms with E-state index in [1.54, 1.807) is 13.0 Å². The molecule has 19 heavy (non-hydrogen) atoms. The number of carboxylic acid groups (broad SMARTS) is 1. The molecule has 0 amide bonds. The zero-order valence-corrected chi connectivity index (χ0v) is 11.9. The van der Waals surface area contributed by atoms with Gasteiger partial charge in [0, 0.05) is 0 Å². The quantitative estimate of drug-likeness (QED) is 0.776. The molecule has 106 valence electrons. The first-order valence-corrected chi connectivity index (χ1v) is 7.07. The highest BCUT2D eigenvalue weighted by Gasteiger charge is 2.19. The van der Waals surface area contributed by atoms with E-state index in [0.717, 1.165) is 11.5 Å². The van der Waals surface area contributed by atoms with Crippen molar-refractivity contribution in [2.24, 2.45) is 5.92 Å². The molecule has 0 radical (unpaired) electrons. The van der Waals surface area contributed by atoms with Gasteiger partial charge in [-0.15, -0.1) is 0 Å². The molecule has 1 saturated carbocycles. The number of hydrogen-bond acceptors (Lipinski definition) is 2. The van der Waals surface area contributed by atoms with Gasteiger partial charge >= 0.3 is 5.97 Å². The lowest BCUT2D eigenvalue weighted by Crippen LogP contribution is -1.96. The number of carboxylic acids is 1. The Balaban J connectivity index is 0.000000200. The number of aromatic hydroxyl groups is 1. The van der Waals surface area contributed by atoms with Crippen LogP contribution in [-0.4, -0.2) is 16.2 Å². The van der Waals surface area contributed by atoms with E-state index in [4.69, 9.17) is 10.2 Å². The second-order valence-corrected chi connectivity index (χ2v) is 5.26. The molecule has 0 aromatic heterocycles. The minimum absolute atomic E-state index is 0.0509. The van der Waals surface area contributed by atoms with Gasteiger partial charge in [0.15, 0.2) is 0 Å². The van der Waals surface area contributed by atoms with E-state index in [9.17, 15) is 4.79 Å². The number of unbranched alkanes of at least 4 members (excludes halogenated alkanes) is 2. The molecule has 2 rings (SSSR count). The largest absolute Gasteiger partial charge is 0.507 e. The summed E-state index contributed by atoms with van der Waals surface area (Å²) in [6.07, 6.45) is 8.91. The summed E-state index contributed by atoms with van der Waals surface area (Å²) in [4.78, 5) is 10.4. The van der Waals surface area contributed by atoms with Gasteiger partial charge in [-0.2, -0.15) is 0 Å². The van der Waals surface area contributed by atoms with Crippen LogP contribution in [0.4, 0.5) is 0 Å². The van der Waals surface area contributed by atoms with Crippen molar-refractivity contribution >= 4 is 5.97 Å². The molecule has 0 aliphatic heterocycles. The van der Waals surface area contributed by atoms with Crippen molar-refractivity contribution in [3.8, 4) is 5.75 Å². The molecule has 0 unspecified atom stereocenters. The Hall–Kier alpha value is -1.51. The normalized spacial score (nSPS) is 13.6. The first kappa shape index (κ1) is 15.5. The summed E-state index contributed by atoms with van der Waals surface area (Å²) in [6, 6.07) is 4.46. The van der Waals surface area contributed by atoms with Crippen molar-refractivity contribution in [1.29, 1.82) is 0 Å². The van der Waals surface area contributed by atoms with Crippen molar-refractivity contribution in [3.05, 3.63) is 29.3 Å². The molecule has 1 aliphatic rings. The van der Waals surface area contributed by atoms with Crippen molar-refractivity contribution in [1.82, 2.24) is 0 Å². The number of aryl methyl sites for hydroxylation is 1. The van der Waals surface area contributed by atoms with Crippen molar-refractivity contribution in [2.45, 2.75) is 52.4 Å². The standard InChI is InChI=1S/C8H8O3.C8H16/c1-5-2-3-7(9)6(4-5)8(10)11;1-2-3-4-5-8-6-7-8/h2-4,9H,1H3,(H,10,11);8H,2-7H2,1H3. The molecule has 3 heteroatoms. The van der Waals surface area contributed by atoms with Gasteiger partial charge < -0.3 is 10.2 Å². The molecule has 0 heterocycles. The van der Waals surface area contributed by atoms with E-state index in [-0.39, 0.29) is 11.3 Å². The summed E-state index contributed by atoms with van der Waals surface area (Å²) in [6.45, 7) is 4.04. The topological polar surface area (TPSA) is 57.5 Å². The third-order valence-electron chi connectivity index (χ3n) is 3.30. The monoisotopic (exact) mass is 264 g/mol. The zero-order valence-electron chi connectivity index (χ0n) is 11.9. The Morgan fingerprint density at radius 3 is 2.47 bits per heavy atom. The maximum absolute atomic E-state index is 10.4. The number of benzene rings is 1. The number of phenols is 1. The fourth-order valence-corrected chi connectivity index (χ4v) is 1.91. The Morgan fingerprint density at radius 1 is 1.32 bits per heavy atom. The highest BCUT2D eigenvalue weighted by Crippen LogP contribution is 2.33. The maximum Gasteiger partial charge on any atom is 0.339 e. The minimum atomic E-state index is -1.11. The molecular weight excluding hydrogens is 240 g/mol. The second-order valence-electron chi connectivity index (χ2n) is 5.26. The van der Waals surface area contributed by atoms with Crippen molar-refractivity contribution in [3.63, 3.8) is 0 Å². The SMILES string of the molecule is CCCCCC1CC1.Cc1ccc(O)c(C(=O)O)c1. The third kappa shape index (κ3) is 6.27. The molecule has 3 nitrogen and oxygen atoms in total. The highest BCUT2D eigenvalue weighted by molar-refractivity contribution is 5.90. The molecule has 1 fully saturated rings. The minimum Gasteiger partial charge on any atom is -0.507 e. The lowest BCUT2D eigenvalue weighted by atomic mass is 10.1. The lowest BCUT2D eigenvalue weighted by Gasteiger charge is -1.98. The first-order valence-electron chi connectivity index (χ1n) is 7.07. The average Bonchev–Trinajstić information content (AvgIpc) is 3.17. The van der Waals surface area contributed by atoms with Crippen LogP contribution >= 0.6 is 0 Å². The smallest absolute Gasteiger partial charge is 0.339 e. The first-order chi connectivity index (χ1) is 9.04. The van der Waals surface area contributed by atoms with Crippen LogP contribution in [0.2, 0.25) is 0 Å². The van der Waals surface area contributed by atoms with Crippen LogP contribution in [0.1, 0.15) is 61.4 Å². The fraction of sp³-hybridized carbons (Fsp3) is 0.562. The fourth-order valence-electron chi connectivity index (χ4n) is 1.91. The summed E-state index contributed by atoms with van der Waals surface area (Å²) in [5.74, 6) is -0.143. The van der Waals surface area contributed by atoms with Gasteiger partial charge in [-0.3, -0.25) is 0 Å². The molecule has 0 saturated heterocycles. The van der Waals surface area contributed by atoms with Gasteiger partial charge in [-0.05, 0) is 25.0 Å². The van der Waals surface area contributed by atoms with Crippen molar-refractivity contribution in [2.75, 3.05) is 0 Å². The Bertz CT molecular complexity index is 408. The number of carbonyl (C=O) groups is 1. The van der Waals surface area contributed by atoms with Gasteiger partial charge in [-0.25, -0.2) is 4.79 Å². The van der Waals surface area contributed by atoms with E-state index in [1.807, 2.05) is 0 Å². The van der Waals surface area contributed by atoms with Gasteiger partial charge in [0.1, 0.15) is 11.3 Å². The molecule has 0 atom stereocenters. The molecule has 0 spiro atoms. The molecule has 1 aromatic carbocycles. The van der Waals surface area contributed by atoms with Crippen LogP contribution < -0.4 is 0 Å². The van der Waals surface area contributed by atoms with Crippen LogP contribution in [0.15, 0.2) is 18.2 Å². The highest BCUT2D eigenvalue weighted by atomic mass is 16.4. The van der Waals surface area contributed by atoms with Gasteiger partial charge in [0.2, 0.25) is 0 Å². The predicted molar refractivity (Wildman–Crippen MR) is 76.7 cm³/mol. The van der Waals surface area contributed by atoms with E-state index in [2.05, 4.69) is 6.92 Å². The van der Waals surface area contributed by atoms with Gasteiger partial charge in [-0.1, -0.05) is 57.1 Å². The van der Waals surface area contributed by atoms with E-state index < -0.39 is 5.97 Å². The van der Waals surface area contributed by atoms with E-state index >= 15 is 0 Å². The molecule has 2 N–H and O–H groups in total. The molecule has 1 aromatic rings. The van der Waals surface area contributed by atoms with Crippen LogP contribution in [0, 0.1) is 12.8 Å². The Morgan fingerprint density at radius 2 is 2.00 bits per heavy atom. The van der Waals surface area contributed by atoms with Crippen LogP contribution in [-0.2, 0) is 0 Å². The van der Waals surface area contributed by atoms with Gasteiger partial charge in [0.25, 0.3) is 0 Å². The summed E-state index contributed by atoms with van der Waals surface area (Å²) >= 11 is 0. The van der Waals surface area contributed by atoms with Gasteiger partial charge in [0.05, 0.1) is 0 Å². The number of aromatic carboxylic acids is 1. The van der Waals surface area contributed by atoms with Crippen LogP contribution in [0.5, 0.6) is 5.75 Å². The Kier molecular flexibility index (Phi) is 6.40. The molecule has 1 aliphatic carbocycles. The summed E-state index contributed by atoms with van der Waals surface area (Å²) in [5, 5.41) is 17.6. The number of rotatable bonds is 5. The summed E-state index contributed by atoms with van der Waals surface area (Å²) in [7, 11) is 0. The summed E-state index contributed by atoms with van der Waals surface area (Å²) in [5.41, 5.74) is 0.769. The second kappa shape index (κ2) is 7.82. The molecule has 0 bridgehead atoms. The third-order valence-corrected chi connectivity index (χ3v) is 3.30. The lowest BCUT2D eigenvalue weighted by molar-refractivity contribution is 0.0693. The Labute approximate surface area is 115 Å². The van der Waals surface area contributed by atoms with E-state index in [0.29, 0.717) is 0 Å². The molecular formula is C16H24O3. The van der Waals surface area contributed by atoms with Crippen molar-refractivity contribution < 1.29 is 15.0 Å². The zero-order chi connectivity index (χ0) is 14.3. The average molecular weight is 264 g/mol.